The molecule has 2 aliphatic rings. The average molecular weight is 617 g/mol. The fraction of sp³-hybridized carbons (Fsp3) is 0.333. The Bertz CT molecular complexity index is 1640. The number of nitriles is 1. The van der Waals surface area contributed by atoms with Crippen molar-refractivity contribution in [1.29, 1.82) is 5.26 Å². The van der Waals surface area contributed by atoms with E-state index in [9.17, 15) is 14.9 Å². The molecular formula is C33H33ClN4O2S2. The largest absolute Gasteiger partial charge is 0.357 e. The quantitative estimate of drug-likeness (QED) is 0.201. The van der Waals surface area contributed by atoms with Gasteiger partial charge in [-0.1, -0.05) is 91.0 Å². The number of carbonyl (C=O) groups excluding carboxylic acids is 1. The van der Waals surface area contributed by atoms with E-state index in [0.29, 0.717) is 32.3 Å². The number of benzene rings is 2. The Hall–Kier alpha value is -3.38. The Morgan fingerprint density at radius 2 is 1.79 bits per heavy atom. The van der Waals surface area contributed by atoms with Crippen LogP contribution in [0.3, 0.4) is 0 Å². The molecule has 2 aromatic carbocycles. The fourth-order valence-electron chi connectivity index (χ4n) is 5.78. The van der Waals surface area contributed by atoms with Gasteiger partial charge in [-0.15, -0.1) is 0 Å². The van der Waals surface area contributed by atoms with Gasteiger partial charge in [0.2, 0.25) is 0 Å². The number of anilines is 1. The van der Waals surface area contributed by atoms with Gasteiger partial charge in [-0.25, -0.2) is 0 Å². The molecule has 0 N–H and O–H groups in total. The van der Waals surface area contributed by atoms with Crippen LogP contribution >= 0.6 is 35.6 Å². The summed E-state index contributed by atoms with van der Waals surface area (Å²) in [6.07, 6.45) is 5.59. The summed E-state index contributed by atoms with van der Waals surface area (Å²) >= 11 is 13.2. The first-order chi connectivity index (χ1) is 20.3. The van der Waals surface area contributed by atoms with E-state index < -0.39 is 0 Å². The summed E-state index contributed by atoms with van der Waals surface area (Å²) in [6.45, 7) is 6.18. The molecule has 42 heavy (non-hydrogen) atoms. The van der Waals surface area contributed by atoms with Crippen LogP contribution in [0.1, 0.15) is 54.0 Å². The van der Waals surface area contributed by atoms with Crippen molar-refractivity contribution in [2.45, 2.75) is 52.6 Å². The zero-order valence-corrected chi connectivity index (χ0v) is 26.2. The number of thioether (sulfide) groups is 1. The van der Waals surface area contributed by atoms with Crippen LogP contribution in [-0.2, 0) is 24.3 Å². The number of aromatic nitrogens is 1. The Morgan fingerprint density at radius 1 is 1.10 bits per heavy atom. The smallest absolute Gasteiger partial charge is 0.270 e. The van der Waals surface area contributed by atoms with Gasteiger partial charge in [0.15, 0.2) is 0 Å². The van der Waals surface area contributed by atoms with Gasteiger partial charge < -0.3 is 4.90 Å². The highest BCUT2D eigenvalue weighted by atomic mass is 35.5. The Labute approximate surface area is 261 Å². The lowest BCUT2D eigenvalue weighted by atomic mass is 9.90. The van der Waals surface area contributed by atoms with Gasteiger partial charge in [0.25, 0.3) is 11.5 Å². The number of carbonyl (C=O) groups is 1. The third kappa shape index (κ3) is 6.19. The van der Waals surface area contributed by atoms with Crippen molar-refractivity contribution >= 4 is 57.7 Å². The molecule has 2 aliphatic heterocycles. The highest BCUT2D eigenvalue weighted by Gasteiger charge is 2.34. The number of pyridine rings is 1. The van der Waals surface area contributed by atoms with Gasteiger partial charge in [0, 0.05) is 30.2 Å². The molecule has 1 aromatic heterocycles. The highest BCUT2D eigenvalue weighted by Crippen LogP contribution is 2.38. The van der Waals surface area contributed by atoms with Crippen LogP contribution in [0.5, 0.6) is 0 Å². The van der Waals surface area contributed by atoms with Crippen LogP contribution in [0.25, 0.3) is 6.08 Å². The Kier molecular flexibility index (Phi) is 9.52. The topological polar surface area (TPSA) is 69.3 Å². The van der Waals surface area contributed by atoms with E-state index in [1.165, 1.54) is 17.3 Å². The summed E-state index contributed by atoms with van der Waals surface area (Å²) in [5.41, 5.74) is 3.32. The first kappa shape index (κ1) is 30.1. The molecule has 0 saturated carbocycles. The summed E-state index contributed by atoms with van der Waals surface area (Å²) in [4.78, 5) is 31.5. The number of amides is 1. The van der Waals surface area contributed by atoms with Crippen LogP contribution in [0.15, 0.2) is 64.3 Å². The minimum Gasteiger partial charge on any atom is -0.357 e. The van der Waals surface area contributed by atoms with Gasteiger partial charge in [-0.2, -0.15) is 5.26 Å². The lowest BCUT2D eigenvalue weighted by Gasteiger charge is -2.36. The molecule has 0 aliphatic carbocycles. The monoisotopic (exact) mass is 616 g/mol. The molecule has 1 amide bonds. The number of hydrogen-bond acceptors (Lipinski definition) is 6. The van der Waals surface area contributed by atoms with Crippen molar-refractivity contribution in [3.05, 3.63) is 103 Å². The zero-order chi connectivity index (χ0) is 29.8. The van der Waals surface area contributed by atoms with Gasteiger partial charge in [-0.05, 0) is 67.4 Å². The van der Waals surface area contributed by atoms with Crippen LogP contribution in [0.2, 0.25) is 5.02 Å². The first-order valence-electron chi connectivity index (χ1n) is 14.3. The molecule has 0 bridgehead atoms. The molecule has 3 heterocycles. The lowest BCUT2D eigenvalue weighted by molar-refractivity contribution is -0.122. The predicted octanol–water partition coefficient (Wildman–Crippen LogP) is 6.95. The molecular weight excluding hydrogens is 584 g/mol. The van der Waals surface area contributed by atoms with E-state index in [4.69, 9.17) is 23.8 Å². The maximum atomic E-state index is 13.6. The van der Waals surface area contributed by atoms with E-state index in [-0.39, 0.29) is 23.6 Å². The second-order valence-corrected chi connectivity index (χ2v) is 12.9. The van der Waals surface area contributed by atoms with Gasteiger partial charge in [0.05, 0.1) is 11.4 Å². The molecule has 2 fully saturated rings. The third-order valence-corrected chi connectivity index (χ3v) is 9.76. The second-order valence-electron chi connectivity index (χ2n) is 10.8. The molecule has 0 unspecified atom stereocenters. The zero-order valence-electron chi connectivity index (χ0n) is 23.8. The summed E-state index contributed by atoms with van der Waals surface area (Å²) in [5, 5.41) is 10.5. The number of thiocarbonyl (C=S) groups is 1. The number of nitrogens with zero attached hydrogens (tertiary/aromatic N) is 4. The second kappa shape index (κ2) is 13.3. The van der Waals surface area contributed by atoms with Gasteiger partial charge in [-0.3, -0.25) is 19.1 Å². The molecule has 0 atom stereocenters. The predicted molar refractivity (Wildman–Crippen MR) is 176 cm³/mol. The molecule has 3 aromatic rings. The minimum absolute atomic E-state index is 0.115. The number of hydrogen-bond donors (Lipinski definition) is 0. The molecule has 2 saturated heterocycles. The number of rotatable bonds is 8. The van der Waals surface area contributed by atoms with E-state index in [2.05, 4.69) is 35.2 Å². The van der Waals surface area contributed by atoms with Crippen molar-refractivity contribution in [3.8, 4) is 6.07 Å². The van der Waals surface area contributed by atoms with Gasteiger partial charge >= 0.3 is 0 Å². The maximum Gasteiger partial charge on any atom is 0.270 e. The number of piperidine rings is 1. The molecule has 0 spiro atoms. The molecule has 0 radical (unpaired) electrons. The molecule has 5 rings (SSSR count). The van der Waals surface area contributed by atoms with Crippen molar-refractivity contribution in [3.63, 3.8) is 0 Å². The summed E-state index contributed by atoms with van der Waals surface area (Å²) in [5.74, 6) is 1.13. The molecule has 9 heteroatoms. The van der Waals surface area contributed by atoms with Crippen LogP contribution in [0.4, 0.5) is 5.82 Å². The average Bonchev–Trinajstić information content (AvgIpc) is 3.25. The van der Waals surface area contributed by atoms with Crippen LogP contribution < -0.4 is 10.5 Å². The maximum absolute atomic E-state index is 13.6. The fourth-order valence-corrected chi connectivity index (χ4v) is 7.21. The van der Waals surface area contributed by atoms with Crippen molar-refractivity contribution in [1.82, 2.24) is 9.47 Å². The van der Waals surface area contributed by atoms with Crippen molar-refractivity contribution < 1.29 is 4.79 Å². The Morgan fingerprint density at radius 3 is 2.45 bits per heavy atom. The van der Waals surface area contributed by atoms with Crippen molar-refractivity contribution in [2.24, 2.45) is 5.92 Å². The van der Waals surface area contributed by atoms with Gasteiger partial charge in [0.1, 0.15) is 21.8 Å². The first-order valence-corrected chi connectivity index (χ1v) is 15.9. The van der Waals surface area contributed by atoms with Crippen molar-refractivity contribution in [2.75, 3.05) is 18.0 Å². The number of halogens is 1. The summed E-state index contributed by atoms with van der Waals surface area (Å²) in [6, 6.07) is 20.1. The molecule has 6 nitrogen and oxygen atoms in total. The standard InChI is InChI=1S/C33H33ClN4O2S2/c1-3-15-37-30(36-16-13-24(14-17-36)18-23-9-5-4-6-10-23)26(22(2)27(20-35)31(37)39)19-29-32(40)38(33(41)42-29)21-25-11-7-8-12-28(25)34/h4-12,19,24H,3,13-18,21H2,1-2H3/b29-19+. The third-order valence-electron chi connectivity index (χ3n) is 8.01. The van der Waals surface area contributed by atoms with E-state index in [1.54, 1.807) is 22.5 Å². The SMILES string of the molecule is CCCn1c(N2CCC(Cc3ccccc3)CC2)c(/C=C2/SC(=S)N(Cc3ccccc3Cl)C2=O)c(C)c(C#N)c1=O. The highest BCUT2D eigenvalue weighted by molar-refractivity contribution is 8.26. The van der Waals surface area contributed by atoms with E-state index >= 15 is 0 Å². The normalized spacial score (nSPS) is 16.9. The van der Waals surface area contributed by atoms with Crippen LogP contribution in [-0.4, -0.2) is 32.8 Å². The molecule has 216 valence electrons. The van der Waals surface area contributed by atoms with E-state index in [0.717, 1.165) is 55.7 Å². The Balaban J connectivity index is 1.50. The van der Waals surface area contributed by atoms with Crippen LogP contribution in [0, 0.1) is 24.2 Å². The van der Waals surface area contributed by atoms with E-state index in [1.807, 2.05) is 37.3 Å². The summed E-state index contributed by atoms with van der Waals surface area (Å²) < 4.78 is 2.19. The summed E-state index contributed by atoms with van der Waals surface area (Å²) in [7, 11) is 0. The lowest BCUT2D eigenvalue weighted by Crippen LogP contribution is -2.40. The minimum atomic E-state index is -0.276.